The van der Waals surface area contributed by atoms with Crippen molar-refractivity contribution in [3.63, 3.8) is 0 Å². The van der Waals surface area contributed by atoms with Crippen molar-refractivity contribution in [2.75, 3.05) is 5.32 Å². The Bertz CT molecular complexity index is 480. The maximum absolute atomic E-state index is 6.17. The van der Waals surface area contributed by atoms with Crippen molar-refractivity contribution in [1.82, 2.24) is 0 Å². The van der Waals surface area contributed by atoms with Gasteiger partial charge < -0.3 is 10.1 Å². The molecule has 3 heteroatoms. The molecule has 104 valence electrons. The molecule has 1 N–H and O–H groups in total. The van der Waals surface area contributed by atoms with Crippen LogP contribution in [-0.4, -0.2) is 12.1 Å². The van der Waals surface area contributed by atoms with Gasteiger partial charge in [-0.2, -0.15) is 0 Å². The van der Waals surface area contributed by atoms with E-state index in [1.54, 1.807) is 0 Å². The van der Waals surface area contributed by atoms with Gasteiger partial charge in [-0.25, -0.2) is 0 Å². The zero-order chi connectivity index (χ0) is 13.6. The maximum Gasteiger partial charge on any atom is 0.143 e. The van der Waals surface area contributed by atoms with E-state index in [4.69, 9.17) is 4.74 Å². The topological polar surface area (TPSA) is 21.3 Å². The summed E-state index contributed by atoms with van der Waals surface area (Å²) >= 11 is 3.53. The van der Waals surface area contributed by atoms with Crippen LogP contribution in [0.25, 0.3) is 0 Å². The van der Waals surface area contributed by atoms with Crippen molar-refractivity contribution >= 4 is 21.6 Å². The first kappa shape index (κ1) is 13.3. The minimum absolute atomic E-state index is 0.340. The Hall–Kier alpha value is -0.700. The highest BCUT2D eigenvalue weighted by Crippen LogP contribution is 2.43. The van der Waals surface area contributed by atoms with Crippen LogP contribution in [0.5, 0.6) is 5.75 Å². The van der Waals surface area contributed by atoms with E-state index in [2.05, 4.69) is 54.2 Å². The van der Waals surface area contributed by atoms with Gasteiger partial charge in [0, 0.05) is 4.47 Å². The summed E-state index contributed by atoms with van der Waals surface area (Å²) in [6.07, 6.45) is 3.99. The van der Waals surface area contributed by atoms with E-state index in [1.165, 1.54) is 12.8 Å². The lowest BCUT2D eigenvalue weighted by Crippen LogP contribution is -2.47. The van der Waals surface area contributed by atoms with Crippen LogP contribution in [0.2, 0.25) is 0 Å². The molecule has 3 rings (SSSR count). The van der Waals surface area contributed by atoms with Gasteiger partial charge in [0.25, 0.3) is 0 Å². The van der Waals surface area contributed by atoms with Gasteiger partial charge >= 0.3 is 0 Å². The molecule has 19 heavy (non-hydrogen) atoms. The lowest BCUT2D eigenvalue weighted by Gasteiger charge is -2.44. The van der Waals surface area contributed by atoms with Crippen molar-refractivity contribution in [2.45, 2.75) is 52.2 Å². The Balaban J connectivity index is 1.80. The fourth-order valence-electron chi connectivity index (χ4n) is 3.30. The summed E-state index contributed by atoms with van der Waals surface area (Å²) in [4.78, 5) is 0. The van der Waals surface area contributed by atoms with Gasteiger partial charge in [-0.05, 0) is 48.8 Å². The molecule has 0 bridgehead atoms. The molecule has 1 aromatic rings. The SMILES string of the molecule is CC(C)(C)C1CCC2Oc3ccc(Br)cc3NC2C1. The first-order chi connectivity index (χ1) is 8.93. The van der Waals surface area contributed by atoms with Crippen molar-refractivity contribution < 1.29 is 4.74 Å². The summed E-state index contributed by atoms with van der Waals surface area (Å²) in [5.41, 5.74) is 1.52. The number of rotatable bonds is 0. The monoisotopic (exact) mass is 323 g/mol. The molecule has 2 aliphatic rings. The number of hydrogen-bond donors (Lipinski definition) is 1. The Morgan fingerprint density at radius 1 is 1.26 bits per heavy atom. The second-order valence-corrected chi connectivity index (χ2v) is 7.84. The molecule has 1 aliphatic heterocycles. The van der Waals surface area contributed by atoms with Crippen LogP contribution in [0.15, 0.2) is 22.7 Å². The van der Waals surface area contributed by atoms with Gasteiger partial charge in [0.2, 0.25) is 0 Å². The first-order valence-corrected chi connectivity index (χ1v) is 7.95. The maximum atomic E-state index is 6.17. The highest BCUT2D eigenvalue weighted by molar-refractivity contribution is 9.10. The molecule has 0 amide bonds. The van der Waals surface area contributed by atoms with Gasteiger partial charge in [0.15, 0.2) is 0 Å². The van der Waals surface area contributed by atoms with E-state index in [0.717, 1.165) is 28.2 Å². The molecule has 1 heterocycles. The third-order valence-electron chi connectivity index (χ3n) is 4.57. The molecule has 1 aliphatic carbocycles. The molecule has 0 spiro atoms. The van der Waals surface area contributed by atoms with Gasteiger partial charge in [-0.3, -0.25) is 0 Å². The minimum Gasteiger partial charge on any atom is -0.486 e. The van der Waals surface area contributed by atoms with E-state index in [1.807, 2.05) is 6.07 Å². The number of halogens is 1. The molecule has 3 unspecified atom stereocenters. The molecule has 1 saturated carbocycles. The fraction of sp³-hybridized carbons (Fsp3) is 0.625. The van der Waals surface area contributed by atoms with E-state index >= 15 is 0 Å². The number of fused-ring (bicyclic) bond motifs is 2. The Kier molecular flexibility index (Phi) is 3.28. The molecule has 0 saturated heterocycles. The predicted octanol–water partition coefficient (Wildman–Crippen LogP) is 4.84. The highest BCUT2D eigenvalue weighted by atomic mass is 79.9. The van der Waals surface area contributed by atoms with Crippen molar-refractivity contribution in [1.29, 1.82) is 0 Å². The smallest absolute Gasteiger partial charge is 0.143 e. The van der Waals surface area contributed by atoms with Gasteiger partial charge in [-0.1, -0.05) is 36.7 Å². The second kappa shape index (κ2) is 4.69. The molecule has 3 atom stereocenters. The zero-order valence-corrected chi connectivity index (χ0v) is 13.5. The Morgan fingerprint density at radius 2 is 2.05 bits per heavy atom. The summed E-state index contributed by atoms with van der Waals surface area (Å²) in [6, 6.07) is 6.67. The Labute approximate surface area is 124 Å². The van der Waals surface area contributed by atoms with Crippen molar-refractivity contribution in [3.05, 3.63) is 22.7 Å². The summed E-state index contributed by atoms with van der Waals surface area (Å²) in [6.45, 7) is 7.06. The van der Waals surface area contributed by atoms with Crippen molar-refractivity contribution in [3.8, 4) is 5.75 Å². The van der Waals surface area contributed by atoms with E-state index < -0.39 is 0 Å². The number of hydrogen-bond acceptors (Lipinski definition) is 2. The Morgan fingerprint density at radius 3 is 2.79 bits per heavy atom. The summed E-state index contributed by atoms with van der Waals surface area (Å²) in [5, 5.41) is 3.69. The number of anilines is 1. The average Bonchev–Trinajstić information content (AvgIpc) is 2.34. The number of benzene rings is 1. The normalized spacial score (nSPS) is 29.8. The molecule has 1 fully saturated rings. The predicted molar refractivity (Wildman–Crippen MR) is 82.8 cm³/mol. The van der Waals surface area contributed by atoms with Crippen LogP contribution in [0.3, 0.4) is 0 Å². The molecule has 2 nitrogen and oxygen atoms in total. The lowest BCUT2D eigenvalue weighted by atomic mass is 9.70. The van der Waals surface area contributed by atoms with Crippen LogP contribution in [0.4, 0.5) is 5.69 Å². The highest BCUT2D eigenvalue weighted by Gasteiger charge is 2.39. The quantitative estimate of drug-likeness (QED) is 0.737. The number of nitrogens with one attached hydrogen (secondary N) is 1. The molecular weight excluding hydrogens is 302 g/mol. The van der Waals surface area contributed by atoms with Crippen LogP contribution in [0, 0.1) is 11.3 Å². The lowest BCUT2D eigenvalue weighted by molar-refractivity contribution is 0.0700. The fourth-order valence-corrected chi connectivity index (χ4v) is 3.66. The van der Waals surface area contributed by atoms with Gasteiger partial charge in [0.05, 0.1) is 11.7 Å². The third-order valence-corrected chi connectivity index (χ3v) is 5.07. The van der Waals surface area contributed by atoms with E-state index in [9.17, 15) is 0 Å². The zero-order valence-electron chi connectivity index (χ0n) is 11.9. The van der Waals surface area contributed by atoms with Crippen LogP contribution < -0.4 is 10.1 Å². The summed E-state index contributed by atoms with van der Waals surface area (Å²) in [5.74, 6) is 1.78. The minimum atomic E-state index is 0.340. The van der Waals surface area contributed by atoms with E-state index in [-0.39, 0.29) is 0 Å². The van der Waals surface area contributed by atoms with Gasteiger partial charge in [-0.15, -0.1) is 0 Å². The molecule has 0 radical (unpaired) electrons. The second-order valence-electron chi connectivity index (χ2n) is 6.92. The van der Waals surface area contributed by atoms with E-state index in [0.29, 0.717) is 17.6 Å². The third kappa shape index (κ3) is 2.62. The first-order valence-electron chi connectivity index (χ1n) is 7.16. The molecule has 1 aromatic carbocycles. The van der Waals surface area contributed by atoms with Crippen molar-refractivity contribution in [2.24, 2.45) is 11.3 Å². The van der Waals surface area contributed by atoms with Crippen LogP contribution in [0.1, 0.15) is 40.0 Å². The molecular formula is C16H22BrNO. The van der Waals surface area contributed by atoms with Crippen LogP contribution >= 0.6 is 15.9 Å². The molecule has 0 aromatic heterocycles. The standard InChI is InChI=1S/C16H22BrNO/c1-16(2,3)10-4-6-14-12(8-10)18-13-9-11(17)5-7-15(13)19-14/h5,7,9-10,12,14,18H,4,6,8H2,1-3H3. The summed E-state index contributed by atoms with van der Waals surface area (Å²) < 4.78 is 7.27. The largest absolute Gasteiger partial charge is 0.486 e. The average molecular weight is 324 g/mol. The van der Waals surface area contributed by atoms with Gasteiger partial charge in [0.1, 0.15) is 11.9 Å². The number of ether oxygens (including phenoxy) is 1. The summed E-state index contributed by atoms with van der Waals surface area (Å²) in [7, 11) is 0. The van der Waals surface area contributed by atoms with Crippen LogP contribution in [-0.2, 0) is 0 Å².